The van der Waals surface area contributed by atoms with E-state index in [9.17, 15) is 5.11 Å². The van der Waals surface area contributed by atoms with Crippen LogP contribution in [-0.4, -0.2) is 28.8 Å². The number of aromatic nitrogens is 1. The van der Waals surface area contributed by atoms with Crippen LogP contribution >= 0.6 is 0 Å². The Labute approximate surface area is 103 Å². The van der Waals surface area contributed by atoms with Gasteiger partial charge in [0.2, 0.25) is 0 Å². The van der Waals surface area contributed by atoms with Crippen molar-refractivity contribution in [3.8, 4) is 0 Å². The molecule has 0 aliphatic carbocycles. The summed E-state index contributed by atoms with van der Waals surface area (Å²) in [5, 5.41) is 16.3. The van der Waals surface area contributed by atoms with Gasteiger partial charge in [-0.25, -0.2) is 4.98 Å². The molecule has 1 heterocycles. The first-order valence-corrected chi connectivity index (χ1v) is 6.24. The Kier molecular flexibility index (Phi) is 5.22. The maximum Gasteiger partial charge on any atom is 0.128 e. The Morgan fingerprint density at radius 3 is 2.47 bits per heavy atom. The Bertz CT molecular complexity index is 339. The summed E-state index contributed by atoms with van der Waals surface area (Å²) < 4.78 is 0. The fraction of sp³-hybridized carbons (Fsp3) is 0.615. The molecule has 4 nitrogen and oxygen atoms in total. The minimum Gasteiger partial charge on any atom is -0.388 e. The van der Waals surface area contributed by atoms with Crippen molar-refractivity contribution in [2.45, 2.75) is 39.2 Å². The van der Waals surface area contributed by atoms with Crippen LogP contribution in [0.15, 0.2) is 18.2 Å². The number of nitrogens with one attached hydrogen (secondary N) is 2. The van der Waals surface area contributed by atoms with E-state index in [1.807, 2.05) is 32.0 Å². The maximum absolute atomic E-state index is 9.89. The van der Waals surface area contributed by atoms with Gasteiger partial charge in [0.05, 0.1) is 5.60 Å². The Morgan fingerprint density at radius 2 is 1.88 bits per heavy atom. The van der Waals surface area contributed by atoms with Crippen LogP contribution in [0.1, 0.15) is 33.6 Å². The summed E-state index contributed by atoms with van der Waals surface area (Å²) in [5.41, 5.74) is -0.686. The van der Waals surface area contributed by atoms with Crippen molar-refractivity contribution in [2.75, 3.05) is 23.7 Å². The summed E-state index contributed by atoms with van der Waals surface area (Å²) in [6.45, 7) is 7.33. The molecule has 0 aromatic carbocycles. The van der Waals surface area contributed by atoms with Gasteiger partial charge in [0.25, 0.3) is 0 Å². The number of hydrogen-bond acceptors (Lipinski definition) is 4. The van der Waals surface area contributed by atoms with E-state index in [4.69, 9.17) is 0 Å². The van der Waals surface area contributed by atoms with Gasteiger partial charge in [-0.3, -0.25) is 0 Å². The monoisotopic (exact) mass is 237 g/mol. The Balaban J connectivity index is 2.53. The lowest BCUT2D eigenvalue weighted by molar-refractivity contribution is 0.0696. The number of rotatable bonds is 7. The molecule has 0 saturated heterocycles. The Hall–Kier alpha value is -1.29. The fourth-order valence-corrected chi connectivity index (χ4v) is 1.29. The number of aliphatic hydroxyl groups is 1. The van der Waals surface area contributed by atoms with Crippen molar-refractivity contribution < 1.29 is 5.11 Å². The molecule has 1 atom stereocenters. The first kappa shape index (κ1) is 13.8. The van der Waals surface area contributed by atoms with Gasteiger partial charge in [-0.05, 0) is 31.9 Å². The summed E-state index contributed by atoms with van der Waals surface area (Å²) in [6, 6.07) is 5.80. The van der Waals surface area contributed by atoms with Crippen molar-refractivity contribution in [3.63, 3.8) is 0 Å². The highest BCUT2D eigenvalue weighted by atomic mass is 16.3. The number of pyridine rings is 1. The second-order valence-electron chi connectivity index (χ2n) is 4.54. The van der Waals surface area contributed by atoms with Crippen molar-refractivity contribution in [1.82, 2.24) is 4.98 Å². The normalized spacial score (nSPS) is 14.1. The Morgan fingerprint density at radius 1 is 1.24 bits per heavy atom. The lowest BCUT2D eigenvalue weighted by Gasteiger charge is -2.22. The molecular weight excluding hydrogens is 214 g/mol. The van der Waals surface area contributed by atoms with Crippen molar-refractivity contribution in [1.29, 1.82) is 0 Å². The maximum atomic E-state index is 9.89. The van der Waals surface area contributed by atoms with Crippen LogP contribution in [0.2, 0.25) is 0 Å². The summed E-state index contributed by atoms with van der Waals surface area (Å²) in [4.78, 5) is 4.41. The van der Waals surface area contributed by atoms with Crippen LogP contribution in [-0.2, 0) is 0 Å². The second-order valence-corrected chi connectivity index (χ2v) is 4.54. The standard InChI is InChI=1S/C13H23N3O/c1-4-9-14-11-7-6-8-12(16-11)15-10-13(3,17)5-2/h6-8,17H,4-5,9-10H2,1-3H3,(H2,14,15,16). The molecule has 3 N–H and O–H groups in total. The van der Waals surface area contributed by atoms with Gasteiger partial charge >= 0.3 is 0 Å². The van der Waals surface area contributed by atoms with Gasteiger partial charge in [0.15, 0.2) is 0 Å². The third kappa shape index (κ3) is 5.04. The third-order valence-corrected chi connectivity index (χ3v) is 2.72. The van der Waals surface area contributed by atoms with Gasteiger partial charge in [-0.15, -0.1) is 0 Å². The zero-order chi connectivity index (χ0) is 12.7. The van der Waals surface area contributed by atoms with E-state index < -0.39 is 5.60 Å². The van der Waals surface area contributed by atoms with Crippen LogP contribution in [0.25, 0.3) is 0 Å². The van der Waals surface area contributed by atoms with Gasteiger partial charge in [0.1, 0.15) is 11.6 Å². The summed E-state index contributed by atoms with van der Waals surface area (Å²) in [7, 11) is 0. The highest BCUT2D eigenvalue weighted by molar-refractivity contribution is 5.45. The average molecular weight is 237 g/mol. The van der Waals surface area contributed by atoms with Crippen LogP contribution in [0.4, 0.5) is 11.6 Å². The predicted molar refractivity (Wildman–Crippen MR) is 72.4 cm³/mol. The minimum atomic E-state index is -0.686. The molecule has 0 aliphatic heterocycles. The lowest BCUT2D eigenvalue weighted by Crippen LogP contribution is -2.32. The van der Waals surface area contributed by atoms with Gasteiger partial charge in [-0.1, -0.05) is 19.9 Å². The lowest BCUT2D eigenvalue weighted by atomic mass is 10.0. The van der Waals surface area contributed by atoms with E-state index in [1.165, 1.54) is 0 Å². The zero-order valence-corrected chi connectivity index (χ0v) is 11.0. The SMILES string of the molecule is CCCNc1cccc(NCC(C)(O)CC)n1. The second kappa shape index (κ2) is 6.45. The minimum absolute atomic E-state index is 0.508. The molecule has 0 amide bonds. The molecule has 1 rings (SSSR count). The molecule has 17 heavy (non-hydrogen) atoms. The van der Waals surface area contributed by atoms with Crippen molar-refractivity contribution in [3.05, 3.63) is 18.2 Å². The number of anilines is 2. The molecule has 96 valence electrons. The summed E-state index contributed by atoms with van der Waals surface area (Å²) >= 11 is 0. The molecule has 1 aromatic heterocycles. The van der Waals surface area contributed by atoms with E-state index in [1.54, 1.807) is 0 Å². The highest BCUT2D eigenvalue weighted by Crippen LogP contribution is 2.12. The topological polar surface area (TPSA) is 57.2 Å². The molecule has 1 aromatic rings. The van der Waals surface area contributed by atoms with Crippen molar-refractivity contribution in [2.24, 2.45) is 0 Å². The summed E-state index contributed by atoms with van der Waals surface area (Å²) in [5.74, 6) is 1.66. The van der Waals surface area contributed by atoms with Gasteiger partial charge < -0.3 is 15.7 Å². The fourth-order valence-electron chi connectivity index (χ4n) is 1.29. The predicted octanol–water partition coefficient (Wildman–Crippen LogP) is 2.48. The van der Waals surface area contributed by atoms with E-state index in [2.05, 4.69) is 22.5 Å². The molecule has 0 radical (unpaired) electrons. The zero-order valence-electron chi connectivity index (χ0n) is 11.0. The quantitative estimate of drug-likeness (QED) is 0.682. The summed E-state index contributed by atoms with van der Waals surface area (Å²) in [6.07, 6.45) is 1.79. The molecule has 1 unspecified atom stereocenters. The molecule has 0 aliphatic rings. The van der Waals surface area contributed by atoms with Crippen LogP contribution < -0.4 is 10.6 Å². The number of nitrogens with zero attached hydrogens (tertiary/aromatic N) is 1. The average Bonchev–Trinajstić information content (AvgIpc) is 2.35. The van der Waals surface area contributed by atoms with E-state index >= 15 is 0 Å². The molecule has 0 fully saturated rings. The van der Waals surface area contributed by atoms with Gasteiger partial charge in [-0.2, -0.15) is 0 Å². The molecule has 0 bridgehead atoms. The van der Waals surface area contributed by atoms with Gasteiger partial charge in [0, 0.05) is 13.1 Å². The largest absolute Gasteiger partial charge is 0.388 e. The first-order chi connectivity index (χ1) is 8.07. The molecule has 0 spiro atoms. The van der Waals surface area contributed by atoms with E-state index in [0.29, 0.717) is 13.0 Å². The first-order valence-electron chi connectivity index (χ1n) is 6.24. The van der Waals surface area contributed by atoms with Crippen LogP contribution in [0, 0.1) is 0 Å². The van der Waals surface area contributed by atoms with E-state index in [-0.39, 0.29) is 0 Å². The molecular formula is C13H23N3O. The third-order valence-electron chi connectivity index (χ3n) is 2.72. The highest BCUT2D eigenvalue weighted by Gasteiger charge is 2.16. The van der Waals surface area contributed by atoms with Crippen LogP contribution in [0.5, 0.6) is 0 Å². The number of hydrogen-bond donors (Lipinski definition) is 3. The van der Waals surface area contributed by atoms with E-state index in [0.717, 1.165) is 24.6 Å². The molecule has 0 saturated carbocycles. The van der Waals surface area contributed by atoms with Crippen molar-refractivity contribution >= 4 is 11.6 Å². The van der Waals surface area contributed by atoms with Crippen LogP contribution in [0.3, 0.4) is 0 Å². The molecule has 4 heteroatoms. The smallest absolute Gasteiger partial charge is 0.128 e.